The topological polar surface area (TPSA) is 50.8 Å². The number of hydrogen-bond donors (Lipinski definition) is 1. The molecule has 0 aliphatic carbocycles. The van der Waals surface area contributed by atoms with Gasteiger partial charge in [-0.15, -0.1) is 12.4 Å². The van der Waals surface area contributed by atoms with Crippen LogP contribution < -0.4 is 14.8 Å². The quantitative estimate of drug-likeness (QED) is 0.835. The lowest BCUT2D eigenvalue weighted by Crippen LogP contribution is -2.35. The van der Waals surface area contributed by atoms with Gasteiger partial charge in [0.15, 0.2) is 0 Å². The monoisotopic (exact) mass is 402 g/mol. The third-order valence-corrected chi connectivity index (χ3v) is 5.86. The zero-order valence-electron chi connectivity index (χ0n) is 16.3. The predicted octanol–water partition coefficient (Wildman–Crippen LogP) is 3.09. The fourth-order valence-electron chi connectivity index (χ4n) is 4.54. The van der Waals surface area contributed by atoms with Crippen molar-refractivity contribution < 1.29 is 14.3 Å². The van der Waals surface area contributed by atoms with Gasteiger partial charge in [0.2, 0.25) is 5.91 Å². The summed E-state index contributed by atoms with van der Waals surface area (Å²) < 4.78 is 10.8. The van der Waals surface area contributed by atoms with E-state index in [1.54, 1.807) is 14.2 Å². The largest absolute Gasteiger partial charge is 0.497 e. The molecule has 2 fully saturated rings. The molecule has 6 heteroatoms. The molecular formula is C22H27ClN2O3. The van der Waals surface area contributed by atoms with Crippen LogP contribution in [0.5, 0.6) is 11.5 Å². The van der Waals surface area contributed by atoms with Crippen LogP contribution in [0, 0.1) is 11.8 Å². The number of likely N-dealkylation sites (tertiary alicyclic amines) is 1. The molecule has 5 nitrogen and oxygen atoms in total. The van der Waals surface area contributed by atoms with Gasteiger partial charge in [-0.3, -0.25) is 4.79 Å². The van der Waals surface area contributed by atoms with E-state index in [0.717, 1.165) is 36.7 Å². The van der Waals surface area contributed by atoms with Gasteiger partial charge in [-0.25, -0.2) is 0 Å². The van der Waals surface area contributed by atoms with Gasteiger partial charge in [0, 0.05) is 31.1 Å². The van der Waals surface area contributed by atoms with Crippen molar-refractivity contribution in [2.75, 3.05) is 33.9 Å². The number of nitrogens with zero attached hydrogens (tertiary/aromatic N) is 1. The van der Waals surface area contributed by atoms with Gasteiger partial charge in [0.05, 0.1) is 26.7 Å². The third-order valence-electron chi connectivity index (χ3n) is 5.86. The molecule has 2 aromatic rings. The van der Waals surface area contributed by atoms with Crippen molar-refractivity contribution in [1.82, 2.24) is 10.2 Å². The highest BCUT2D eigenvalue weighted by molar-refractivity contribution is 5.85. The molecule has 2 heterocycles. The maximum Gasteiger partial charge on any atom is 0.227 e. The number of amides is 1. The van der Waals surface area contributed by atoms with E-state index in [4.69, 9.17) is 9.47 Å². The summed E-state index contributed by atoms with van der Waals surface area (Å²) in [6.07, 6.45) is 0.316. The normalized spacial score (nSPS) is 23.1. The molecule has 28 heavy (non-hydrogen) atoms. The minimum Gasteiger partial charge on any atom is -0.497 e. The first-order chi connectivity index (χ1) is 13.2. The van der Waals surface area contributed by atoms with Crippen molar-refractivity contribution in [2.24, 2.45) is 11.8 Å². The van der Waals surface area contributed by atoms with E-state index in [1.807, 2.05) is 24.3 Å². The van der Waals surface area contributed by atoms with Gasteiger partial charge in [-0.1, -0.05) is 30.3 Å². The Balaban J connectivity index is 0.00000225. The Kier molecular flexibility index (Phi) is 6.47. The molecule has 0 bridgehead atoms. The molecule has 0 spiro atoms. The van der Waals surface area contributed by atoms with Crippen molar-refractivity contribution in [1.29, 1.82) is 0 Å². The molecule has 0 unspecified atom stereocenters. The second kappa shape index (κ2) is 8.84. The first-order valence-corrected chi connectivity index (χ1v) is 9.47. The molecule has 2 saturated heterocycles. The average Bonchev–Trinajstić information content (AvgIpc) is 3.29. The Morgan fingerprint density at radius 3 is 2.61 bits per heavy atom. The lowest BCUT2D eigenvalue weighted by atomic mass is 9.89. The molecule has 2 aromatic carbocycles. The summed E-state index contributed by atoms with van der Waals surface area (Å²) in [5.41, 5.74) is 2.09. The van der Waals surface area contributed by atoms with E-state index in [1.165, 1.54) is 5.56 Å². The SMILES string of the molecule is COc1ccc(OC)c(CC(=O)N2C[C@@H]3CNC[C@@H]3[C@@H]2c2ccccc2)c1.Cl. The first-order valence-electron chi connectivity index (χ1n) is 9.47. The molecule has 3 atom stereocenters. The Bertz CT molecular complexity index is 815. The fourth-order valence-corrected chi connectivity index (χ4v) is 4.54. The number of carbonyl (C=O) groups is 1. The van der Waals surface area contributed by atoms with E-state index in [-0.39, 0.29) is 24.4 Å². The standard InChI is InChI=1S/C22H26N2O3.ClH/c1-26-18-8-9-20(27-2)16(10-18)11-21(25)24-14-17-12-23-13-19(17)22(24)15-6-4-3-5-7-15;/h3-10,17,19,22-23H,11-14H2,1-2H3;1H/t17-,19-,22-;/m0./s1. The molecule has 4 rings (SSSR count). The van der Waals surface area contributed by atoms with Crippen LogP contribution in [0.15, 0.2) is 48.5 Å². The zero-order valence-corrected chi connectivity index (χ0v) is 17.1. The van der Waals surface area contributed by atoms with E-state index >= 15 is 0 Å². The van der Waals surface area contributed by atoms with Crippen LogP contribution in [-0.2, 0) is 11.2 Å². The van der Waals surface area contributed by atoms with Gasteiger partial charge in [0.1, 0.15) is 11.5 Å². The minimum atomic E-state index is 0. The summed E-state index contributed by atoms with van der Waals surface area (Å²) in [6, 6.07) is 16.1. The summed E-state index contributed by atoms with van der Waals surface area (Å²) in [4.78, 5) is 15.4. The average molecular weight is 403 g/mol. The highest BCUT2D eigenvalue weighted by Crippen LogP contribution is 2.43. The fraction of sp³-hybridized carbons (Fsp3) is 0.409. The summed E-state index contributed by atoms with van der Waals surface area (Å²) >= 11 is 0. The lowest BCUT2D eigenvalue weighted by Gasteiger charge is -2.29. The van der Waals surface area contributed by atoms with Crippen molar-refractivity contribution in [2.45, 2.75) is 12.5 Å². The zero-order chi connectivity index (χ0) is 18.8. The molecule has 0 radical (unpaired) electrons. The van der Waals surface area contributed by atoms with E-state index in [9.17, 15) is 4.79 Å². The van der Waals surface area contributed by atoms with Crippen LogP contribution in [0.1, 0.15) is 17.2 Å². The number of nitrogens with one attached hydrogen (secondary N) is 1. The number of methoxy groups -OCH3 is 2. The molecule has 1 N–H and O–H groups in total. The van der Waals surface area contributed by atoms with Crippen molar-refractivity contribution >= 4 is 18.3 Å². The molecule has 2 aliphatic heterocycles. The van der Waals surface area contributed by atoms with E-state index < -0.39 is 0 Å². The number of rotatable bonds is 5. The van der Waals surface area contributed by atoms with Crippen LogP contribution >= 0.6 is 12.4 Å². The molecule has 0 aromatic heterocycles. The maximum atomic E-state index is 13.3. The number of fused-ring (bicyclic) bond motifs is 1. The van der Waals surface area contributed by atoms with Crippen molar-refractivity contribution in [3.8, 4) is 11.5 Å². The molecule has 0 saturated carbocycles. The van der Waals surface area contributed by atoms with Gasteiger partial charge in [-0.2, -0.15) is 0 Å². The first kappa shape index (κ1) is 20.5. The summed E-state index contributed by atoms with van der Waals surface area (Å²) in [7, 11) is 3.27. The van der Waals surface area contributed by atoms with Crippen LogP contribution in [0.2, 0.25) is 0 Å². The second-order valence-corrected chi connectivity index (χ2v) is 7.34. The van der Waals surface area contributed by atoms with Gasteiger partial charge in [-0.05, 0) is 29.7 Å². The number of carbonyl (C=O) groups excluding carboxylic acids is 1. The number of hydrogen-bond acceptors (Lipinski definition) is 4. The van der Waals surface area contributed by atoms with Gasteiger partial charge in [0.25, 0.3) is 0 Å². The van der Waals surface area contributed by atoms with Crippen LogP contribution in [0.25, 0.3) is 0 Å². The predicted molar refractivity (Wildman–Crippen MR) is 111 cm³/mol. The summed E-state index contributed by atoms with van der Waals surface area (Å²) in [6.45, 7) is 2.76. The van der Waals surface area contributed by atoms with Gasteiger partial charge >= 0.3 is 0 Å². The smallest absolute Gasteiger partial charge is 0.227 e. The van der Waals surface area contributed by atoms with Crippen molar-refractivity contribution in [3.05, 3.63) is 59.7 Å². The Morgan fingerprint density at radius 1 is 1.11 bits per heavy atom. The number of ether oxygens (including phenoxy) is 2. The molecular weight excluding hydrogens is 376 g/mol. The lowest BCUT2D eigenvalue weighted by molar-refractivity contribution is -0.131. The van der Waals surface area contributed by atoms with Crippen molar-refractivity contribution in [3.63, 3.8) is 0 Å². The minimum absolute atomic E-state index is 0. The highest BCUT2D eigenvalue weighted by atomic mass is 35.5. The van der Waals surface area contributed by atoms with Crippen LogP contribution in [0.4, 0.5) is 0 Å². The van der Waals surface area contributed by atoms with Crippen LogP contribution in [0.3, 0.4) is 0 Å². The highest BCUT2D eigenvalue weighted by Gasteiger charge is 2.46. The second-order valence-electron chi connectivity index (χ2n) is 7.34. The maximum absolute atomic E-state index is 13.3. The molecule has 2 aliphatic rings. The van der Waals surface area contributed by atoms with Crippen LogP contribution in [-0.4, -0.2) is 44.7 Å². The molecule has 150 valence electrons. The third kappa shape index (κ3) is 3.82. The Morgan fingerprint density at radius 2 is 1.89 bits per heavy atom. The summed E-state index contributed by atoms with van der Waals surface area (Å²) in [5.74, 6) is 2.60. The number of halogens is 1. The molecule has 1 amide bonds. The summed E-state index contributed by atoms with van der Waals surface area (Å²) in [5, 5.41) is 3.49. The number of benzene rings is 2. The Labute approximate surface area is 172 Å². The van der Waals surface area contributed by atoms with Gasteiger partial charge < -0.3 is 19.7 Å². The van der Waals surface area contributed by atoms with E-state index in [0.29, 0.717) is 18.3 Å². The Hall–Kier alpha value is -2.24. The van der Waals surface area contributed by atoms with E-state index in [2.05, 4.69) is 34.5 Å².